The molecule has 0 fully saturated rings. The number of rotatable bonds is 4. The van der Waals surface area contributed by atoms with E-state index < -0.39 is 17.4 Å². The van der Waals surface area contributed by atoms with Crippen molar-refractivity contribution < 1.29 is 17.7 Å². The molecule has 0 amide bonds. The molecule has 0 aliphatic rings. The van der Waals surface area contributed by atoms with Crippen molar-refractivity contribution in [2.45, 2.75) is 4.90 Å². The van der Waals surface area contributed by atoms with Gasteiger partial charge in [0.15, 0.2) is 12.4 Å². The Morgan fingerprint density at radius 3 is 2.05 bits per heavy atom. The number of para-hydroxylation sites is 1. The van der Waals surface area contributed by atoms with Crippen LogP contribution in [0.25, 0.3) is 0 Å². The molecule has 0 saturated carbocycles. The number of benzene rings is 2. The molecule has 0 heterocycles. The lowest BCUT2D eigenvalue weighted by molar-refractivity contribution is 0.139. The summed E-state index contributed by atoms with van der Waals surface area (Å²) in [6.07, 6.45) is 0. The summed E-state index contributed by atoms with van der Waals surface area (Å²) in [5, 5.41) is 1.58. The Morgan fingerprint density at radius 2 is 1.48 bits per heavy atom. The van der Waals surface area contributed by atoms with Crippen LogP contribution in [0, 0.1) is 0 Å². The quantitative estimate of drug-likeness (QED) is 0.488. The Morgan fingerprint density at radius 1 is 0.952 bits per heavy atom. The van der Waals surface area contributed by atoms with Crippen molar-refractivity contribution in [1.29, 1.82) is 0 Å². The van der Waals surface area contributed by atoms with Gasteiger partial charge in [0, 0.05) is 6.07 Å². The van der Waals surface area contributed by atoms with E-state index in [0.717, 1.165) is 11.1 Å². The second kappa shape index (κ2) is 5.76. The van der Waals surface area contributed by atoms with Crippen molar-refractivity contribution in [1.82, 2.24) is 0 Å². The van der Waals surface area contributed by atoms with Gasteiger partial charge in [0.25, 0.3) is 5.75 Å². The van der Waals surface area contributed by atoms with E-state index >= 15 is 0 Å². The van der Waals surface area contributed by atoms with E-state index in [1.807, 2.05) is 37.6 Å². The monoisotopic (exact) mass is 325 g/mol. The first-order chi connectivity index (χ1) is 9.78. The Hall–Kier alpha value is -1.42. The highest BCUT2D eigenvalue weighted by Crippen LogP contribution is 2.52. The van der Waals surface area contributed by atoms with Crippen LogP contribution in [0.15, 0.2) is 53.4 Å². The van der Waals surface area contributed by atoms with Crippen LogP contribution in [0.4, 0.5) is 0 Å². The molecule has 0 unspecified atom stereocenters. The van der Waals surface area contributed by atoms with E-state index in [-0.39, 0.29) is 4.90 Å². The van der Waals surface area contributed by atoms with Crippen LogP contribution in [-0.2, 0) is 10.1 Å². The van der Waals surface area contributed by atoms with Crippen molar-refractivity contribution in [2.75, 3.05) is 20.4 Å². The normalized spacial score (nSPS) is 12.2. The molecule has 2 aromatic carbocycles. The van der Waals surface area contributed by atoms with Crippen LogP contribution in [0.1, 0.15) is 0 Å². The van der Waals surface area contributed by atoms with Gasteiger partial charge in [-0.25, -0.2) is 8.42 Å². The Balaban J connectivity index is 2.71. The first kappa shape index (κ1) is 16.0. The van der Waals surface area contributed by atoms with E-state index in [4.69, 9.17) is 0 Å². The molecule has 0 aromatic heterocycles. The zero-order chi connectivity index (χ0) is 15.7. The smallest absolute Gasteiger partial charge is 0.297 e. The summed E-state index contributed by atoms with van der Waals surface area (Å²) in [6.45, 7) is 4.00. The highest BCUT2D eigenvalue weighted by Gasteiger charge is 2.39. The zero-order valence-corrected chi connectivity index (χ0v) is 13.9. The molecule has 6 heteroatoms. The second-order valence-electron chi connectivity index (χ2n) is 5.09. The number of hydrogen-bond acceptors (Lipinski definition) is 3. The third-order valence-corrected chi connectivity index (χ3v) is 7.68. The predicted octanol–water partition coefficient (Wildman–Crippen LogP) is 1.69. The summed E-state index contributed by atoms with van der Waals surface area (Å²) < 4.78 is 38.8. The van der Waals surface area contributed by atoms with E-state index in [2.05, 4.69) is 4.74 Å². The highest BCUT2D eigenvalue weighted by molar-refractivity contribution is 7.91. The van der Waals surface area contributed by atoms with Crippen LogP contribution in [0.5, 0.6) is 5.75 Å². The first-order valence-corrected chi connectivity index (χ1v) is 10.5. The molecule has 2 rings (SSSR count). The molecule has 0 saturated heterocycles. The van der Waals surface area contributed by atoms with Crippen LogP contribution >= 0.6 is 7.26 Å². The van der Waals surface area contributed by atoms with Gasteiger partial charge < -0.3 is 9.29 Å². The second-order valence-corrected chi connectivity index (χ2v) is 10.3. The fourth-order valence-corrected chi connectivity index (χ4v) is 6.53. The van der Waals surface area contributed by atoms with E-state index in [9.17, 15) is 13.0 Å². The maximum atomic E-state index is 11.5. The van der Waals surface area contributed by atoms with E-state index in [0.29, 0.717) is 5.30 Å². The third-order valence-electron chi connectivity index (χ3n) is 3.46. The van der Waals surface area contributed by atoms with Crippen LogP contribution in [0.3, 0.4) is 0 Å². The summed E-state index contributed by atoms with van der Waals surface area (Å²) >= 11 is 0. The molecule has 0 spiro atoms. The van der Waals surface area contributed by atoms with Gasteiger partial charge in [0.2, 0.25) is 0 Å². The van der Waals surface area contributed by atoms with E-state index in [1.54, 1.807) is 25.3 Å². The molecule has 21 heavy (non-hydrogen) atoms. The van der Waals surface area contributed by atoms with Crippen LogP contribution < -0.4 is 10.6 Å². The van der Waals surface area contributed by atoms with Gasteiger partial charge >= 0.3 is 0 Å². The van der Waals surface area contributed by atoms with Gasteiger partial charge in [-0.05, 0) is 18.2 Å². The number of aromatic hydroxyl groups is 1. The molecule has 4 nitrogen and oxygen atoms in total. The summed E-state index contributed by atoms with van der Waals surface area (Å²) in [4.78, 5) is -0.130. The molecular formula is C15H18O4PS+. The molecule has 0 atom stereocenters. The molecule has 0 bridgehead atoms. The van der Waals surface area contributed by atoms with Crippen molar-refractivity contribution in [2.24, 2.45) is 0 Å². The Labute approximate surface area is 125 Å². The van der Waals surface area contributed by atoms with Gasteiger partial charge in [0.1, 0.15) is 15.4 Å². The van der Waals surface area contributed by atoms with Crippen LogP contribution in [0.2, 0.25) is 0 Å². The summed E-state index contributed by atoms with van der Waals surface area (Å²) in [6, 6.07) is 14.1. The lowest BCUT2D eigenvalue weighted by atomic mass is 10.3. The van der Waals surface area contributed by atoms with Gasteiger partial charge in [-0.15, -0.1) is 0 Å². The summed E-state index contributed by atoms with van der Waals surface area (Å²) in [5.41, 5.74) is 0. The van der Waals surface area contributed by atoms with Crippen molar-refractivity contribution in [3.63, 3.8) is 0 Å². The minimum absolute atomic E-state index is 0.130. The predicted molar refractivity (Wildman–Crippen MR) is 86.5 cm³/mol. The molecular weight excluding hydrogens is 307 g/mol. The zero-order valence-electron chi connectivity index (χ0n) is 12.1. The molecule has 112 valence electrons. The SMILES string of the molecule is C[OH+]c1ccccc1[P+](C)(C)c1ccccc1S(=O)(=O)[O-]. The molecule has 0 radical (unpaired) electrons. The lowest BCUT2D eigenvalue weighted by Crippen LogP contribution is -2.26. The molecule has 1 N–H and O–H groups in total. The maximum absolute atomic E-state index is 11.5. The van der Waals surface area contributed by atoms with Crippen molar-refractivity contribution >= 4 is 28.0 Å². The van der Waals surface area contributed by atoms with Gasteiger partial charge in [0.05, 0.1) is 25.5 Å². The van der Waals surface area contributed by atoms with Gasteiger partial charge in [-0.1, -0.05) is 24.3 Å². The Bertz CT molecular complexity index is 754. The lowest BCUT2D eigenvalue weighted by Gasteiger charge is -2.22. The fraction of sp³-hybridized carbons (Fsp3) is 0.200. The largest absolute Gasteiger partial charge is 0.744 e. The first-order valence-electron chi connectivity index (χ1n) is 6.37. The number of hydrogen-bond donors (Lipinski definition) is 0. The van der Waals surface area contributed by atoms with Crippen molar-refractivity contribution in [3.05, 3.63) is 48.5 Å². The highest BCUT2D eigenvalue weighted by atomic mass is 32.2. The average Bonchev–Trinajstić information content (AvgIpc) is 2.46. The summed E-state index contributed by atoms with van der Waals surface area (Å²) in [5.74, 6) is 0.828. The Kier molecular flexibility index (Phi) is 4.38. The third kappa shape index (κ3) is 3.10. The molecule has 2 aromatic rings. The minimum Gasteiger partial charge on any atom is -0.744 e. The van der Waals surface area contributed by atoms with Crippen LogP contribution in [-0.4, -0.2) is 38.1 Å². The summed E-state index contributed by atoms with van der Waals surface area (Å²) in [7, 11) is -4.80. The van der Waals surface area contributed by atoms with Gasteiger partial charge in [-0.2, -0.15) is 0 Å². The molecule has 0 aliphatic heterocycles. The average molecular weight is 325 g/mol. The number of ether oxygens (including phenoxy) is 1. The maximum Gasteiger partial charge on any atom is 0.297 e. The van der Waals surface area contributed by atoms with E-state index in [1.165, 1.54) is 6.07 Å². The topological polar surface area (TPSA) is 70.0 Å². The fourth-order valence-electron chi connectivity index (χ4n) is 2.39. The minimum atomic E-state index is -4.50. The van der Waals surface area contributed by atoms with Crippen molar-refractivity contribution in [3.8, 4) is 5.75 Å². The number of aliphatic hydroxyl groups is 1. The molecule has 0 aliphatic carbocycles. The van der Waals surface area contributed by atoms with Gasteiger partial charge in [-0.3, -0.25) is 0 Å². The standard InChI is InChI=1S/C15H17O4PS/c1-19-12-8-4-5-9-13(12)20(2,3)14-10-6-7-11-15(14)21(16,17)18/h4-11H,1-3H3/p+1.